The summed E-state index contributed by atoms with van der Waals surface area (Å²) in [7, 11) is 0. The van der Waals surface area contributed by atoms with Gasteiger partial charge in [0.25, 0.3) is 0 Å². The number of rotatable bonds is 6. The van der Waals surface area contributed by atoms with Gasteiger partial charge in [-0.1, -0.05) is 13.3 Å². The molecule has 1 heterocycles. The molecule has 1 saturated heterocycles. The summed E-state index contributed by atoms with van der Waals surface area (Å²) in [6.07, 6.45) is 5.47. The average Bonchev–Trinajstić information content (AvgIpc) is 2.25. The molecule has 0 aromatic carbocycles. The highest BCUT2D eigenvalue weighted by Gasteiger charge is 2.28. The maximum Gasteiger partial charge on any atom is 0.324 e. The number of amides is 3. The van der Waals surface area contributed by atoms with Crippen molar-refractivity contribution in [2.45, 2.75) is 26.2 Å². The van der Waals surface area contributed by atoms with Crippen LogP contribution in [0.1, 0.15) is 26.2 Å². The molecule has 0 saturated carbocycles. The van der Waals surface area contributed by atoms with Crippen molar-refractivity contribution in [2.24, 2.45) is 5.92 Å². The van der Waals surface area contributed by atoms with Crippen molar-refractivity contribution in [3.8, 4) is 0 Å². The first-order valence-corrected chi connectivity index (χ1v) is 7.13. The van der Waals surface area contributed by atoms with Gasteiger partial charge in [-0.15, -0.1) is 0 Å². The van der Waals surface area contributed by atoms with E-state index in [2.05, 4.69) is 11.6 Å². The van der Waals surface area contributed by atoms with Gasteiger partial charge in [-0.05, 0) is 24.9 Å². The van der Waals surface area contributed by atoms with Crippen LogP contribution < -0.4 is 5.32 Å². The topological polar surface area (TPSA) is 49.4 Å². The molecule has 0 aliphatic carbocycles. The summed E-state index contributed by atoms with van der Waals surface area (Å²) < 4.78 is 0. The molecular weight excluding hydrogens is 224 g/mol. The van der Waals surface area contributed by atoms with Crippen molar-refractivity contribution >= 4 is 23.7 Å². The van der Waals surface area contributed by atoms with E-state index in [-0.39, 0.29) is 17.9 Å². The number of urea groups is 1. The van der Waals surface area contributed by atoms with Crippen LogP contribution in [0.15, 0.2) is 0 Å². The van der Waals surface area contributed by atoms with Crippen LogP contribution in [0.5, 0.6) is 0 Å². The summed E-state index contributed by atoms with van der Waals surface area (Å²) in [5.41, 5.74) is 0. The lowest BCUT2D eigenvalue weighted by Gasteiger charge is -2.30. The molecule has 1 N–H and O–H groups in total. The summed E-state index contributed by atoms with van der Waals surface area (Å²) in [5.74, 6) is 0.952. The lowest BCUT2D eigenvalue weighted by molar-refractivity contribution is -0.125. The molecule has 3 amide bonds. The highest BCUT2D eigenvalue weighted by Crippen LogP contribution is 2.09. The Kier molecular flexibility index (Phi) is 5.66. The number of nitrogens with zero attached hydrogens (tertiary/aromatic N) is 1. The predicted molar refractivity (Wildman–Crippen MR) is 66.5 cm³/mol. The highest BCUT2D eigenvalue weighted by atomic mass is 32.2. The van der Waals surface area contributed by atoms with Gasteiger partial charge in [0.2, 0.25) is 5.91 Å². The largest absolute Gasteiger partial charge is 0.324 e. The molecule has 1 aliphatic rings. The van der Waals surface area contributed by atoms with Crippen LogP contribution in [-0.4, -0.2) is 41.9 Å². The first-order chi connectivity index (χ1) is 7.65. The second kappa shape index (κ2) is 6.78. The van der Waals surface area contributed by atoms with Crippen molar-refractivity contribution < 1.29 is 9.59 Å². The lowest BCUT2D eigenvalue weighted by Crippen LogP contribution is -2.53. The third-order valence-corrected chi connectivity index (χ3v) is 3.43. The summed E-state index contributed by atoms with van der Waals surface area (Å²) in [4.78, 5) is 24.4. The zero-order chi connectivity index (χ0) is 12.0. The van der Waals surface area contributed by atoms with E-state index in [0.717, 1.165) is 19.4 Å². The van der Waals surface area contributed by atoms with E-state index >= 15 is 0 Å². The molecule has 0 radical (unpaired) electrons. The van der Waals surface area contributed by atoms with E-state index in [0.29, 0.717) is 6.54 Å². The molecule has 1 atom stereocenters. The number of carbonyl (C=O) groups is 2. The van der Waals surface area contributed by atoms with Gasteiger partial charge >= 0.3 is 6.03 Å². The Labute approximate surface area is 101 Å². The van der Waals surface area contributed by atoms with E-state index in [1.165, 1.54) is 12.2 Å². The molecule has 5 heteroatoms. The fourth-order valence-electron chi connectivity index (χ4n) is 1.72. The zero-order valence-electron chi connectivity index (χ0n) is 9.99. The Hall–Kier alpha value is -0.710. The van der Waals surface area contributed by atoms with Crippen molar-refractivity contribution in [2.75, 3.05) is 25.1 Å². The number of hydrogen-bond donors (Lipinski definition) is 1. The maximum absolute atomic E-state index is 11.5. The number of thioether (sulfide) groups is 1. The molecule has 0 bridgehead atoms. The number of carbonyl (C=O) groups excluding carboxylic acids is 2. The first-order valence-electron chi connectivity index (χ1n) is 5.74. The second-order valence-electron chi connectivity index (χ2n) is 4.19. The number of imide groups is 1. The SMILES string of the molecule is CSCCCCCN1CC(C)C(=O)NC1=O. The molecule has 0 spiro atoms. The molecular formula is C11H20N2O2S. The van der Waals surface area contributed by atoms with Crippen molar-refractivity contribution in [1.82, 2.24) is 10.2 Å². The molecule has 4 nitrogen and oxygen atoms in total. The Morgan fingerprint density at radius 2 is 2.12 bits per heavy atom. The standard InChI is InChI=1S/C11H20N2O2S/c1-9-8-13(11(15)12-10(9)14)6-4-3-5-7-16-2/h9H,3-8H2,1-2H3,(H,12,14,15). The molecule has 92 valence electrons. The maximum atomic E-state index is 11.5. The Balaban J connectivity index is 2.21. The van der Waals surface area contributed by atoms with Gasteiger partial charge in [-0.25, -0.2) is 4.79 Å². The van der Waals surface area contributed by atoms with Crippen molar-refractivity contribution in [1.29, 1.82) is 0 Å². The lowest BCUT2D eigenvalue weighted by atomic mass is 10.1. The fourth-order valence-corrected chi connectivity index (χ4v) is 2.22. The molecule has 1 aliphatic heterocycles. The molecule has 1 rings (SSSR count). The Morgan fingerprint density at radius 1 is 1.38 bits per heavy atom. The number of unbranched alkanes of at least 4 members (excludes halogenated alkanes) is 2. The van der Waals surface area contributed by atoms with Gasteiger partial charge in [-0.3, -0.25) is 10.1 Å². The van der Waals surface area contributed by atoms with Gasteiger partial charge in [-0.2, -0.15) is 11.8 Å². The summed E-state index contributed by atoms with van der Waals surface area (Å²) >= 11 is 1.85. The van der Waals surface area contributed by atoms with Crippen LogP contribution >= 0.6 is 11.8 Å². The minimum Gasteiger partial charge on any atom is -0.324 e. The van der Waals surface area contributed by atoms with Crippen LogP contribution in [0.3, 0.4) is 0 Å². The van der Waals surface area contributed by atoms with Crippen molar-refractivity contribution in [3.63, 3.8) is 0 Å². The molecule has 0 aromatic rings. The minimum absolute atomic E-state index is 0.0797. The van der Waals surface area contributed by atoms with E-state index in [1.54, 1.807) is 4.90 Å². The minimum atomic E-state index is -0.229. The first kappa shape index (κ1) is 13.4. The van der Waals surface area contributed by atoms with Gasteiger partial charge in [0.1, 0.15) is 0 Å². The summed E-state index contributed by atoms with van der Waals surface area (Å²) in [6, 6.07) is -0.229. The monoisotopic (exact) mass is 244 g/mol. The quantitative estimate of drug-likeness (QED) is 0.724. The molecule has 16 heavy (non-hydrogen) atoms. The Morgan fingerprint density at radius 3 is 2.81 bits per heavy atom. The molecule has 1 unspecified atom stereocenters. The zero-order valence-corrected chi connectivity index (χ0v) is 10.8. The van der Waals surface area contributed by atoms with E-state index < -0.39 is 0 Å². The van der Waals surface area contributed by atoms with E-state index in [9.17, 15) is 9.59 Å². The highest BCUT2D eigenvalue weighted by molar-refractivity contribution is 7.98. The van der Waals surface area contributed by atoms with Gasteiger partial charge in [0, 0.05) is 13.1 Å². The van der Waals surface area contributed by atoms with E-state index in [4.69, 9.17) is 0 Å². The number of nitrogens with one attached hydrogen (secondary N) is 1. The van der Waals surface area contributed by atoms with Crippen molar-refractivity contribution in [3.05, 3.63) is 0 Å². The van der Waals surface area contributed by atoms with E-state index in [1.807, 2.05) is 18.7 Å². The predicted octanol–water partition coefficient (Wildman–Crippen LogP) is 1.71. The van der Waals surface area contributed by atoms with Crippen LogP contribution in [0, 0.1) is 5.92 Å². The average molecular weight is 244 g/mol. The van der Waals surface area contributed by atoms with Crippen LogP contribution in [0.25, 0.3) is 0 Å². The normalized spacial score (nSPS) is 21.1. The molecule has 1 fully saturated rings. The van der Waals surface area contributed by atoms with Gasteiger partial charge in [0.05, 0.1) is 5.92 Å². The number of hydrogen-bond acceptors (Lipinski definition) is 3. The van der Waals surface area contributed by atoms with Crippen LogP contribution in [0.2, 0.25) is 0 Å². The summed E-state index contributed by atoms with van der Waals surface area (Å²) in [5, 5.41) is 2.38. The summed E-state index contributed by atoms with van der Waals surface area (Å²) in [6.45, 7) is 3.17. The van der Waals surface area contributed by atoms with Gasteiger partial charge < -0.3 is 4.90 Å². The fraction of sp³-hybridized carbons (Fsp3) is 0.818. The Bertz CT molecular complexity index is 258. The van der Waals surface area contributed by atoms with Crippen LogP contribution in [0.4, 0.5) is 4.79 Å². The smallest absolute Gasteiger partial charge is 0.324 e. The van der Waals surface area contributed by atoms with Gasteiger partial charge in [0.15, 0.2) is 0 Å². The second-order valence-corrected chi connectivity index (χ2v) is 5.18. The third kappa shape index (κ3) is 4.04. The molecule has 0 aromatic heterocycles. The third-order valence-electron chi connectivity index (χ3n) is 2.74. The van der Waals surface area contributed by atoms with Crippen LogP contribution in [-0.2, 0) is 4.79 Å².